The highest BCUT2D eigenvalue weighted by Gasteiger charge is 2.31. The quantitative estimate of drug-likeness (QED) is 0.903. The number of nitrogens with zero attached hydrogens (tertiary/aromatic N) is 4. The van der Waals surface area contributed by atoms with Crippen molar-refractivity contribution >= 4 is 23.3 Å². The zero-order valence-corrected chi connectivity index (χ0v) is 13.6. The van der Waals surface area contributed by atoms with Crippen LogP contribution in [0.1, 0.15) is 36.8 Å². The Morgan fingerprint density at radius 3 is 3.13 bits per heavy atom. The van der Waals surface area contributed by atoms with Crippen molar-refractivity contribution in [2.75, 3.05) is 18.9 Å². The minimum absolute atomic E-state index is 0.0124. The van der Waals surface area contributed by atoms with Gasteiger partial charge in [0.25, 0.3) is 0 Å². The Morgan fingerprint density at radius 1 is 1.52 bits per heavy atom. The van der Waals surface area contributed by atoms with Crippen molar-refractivity contribution in [3.05, 3.63) is 35.1 Å². The van der Waals surface area contributed by atoms with E-state index in [1.807, 2.05) is 4.90 Å². The topological polar surface area (TPSA) is 84.2 Å². The Kier molecular flexibility index (Phi) is 4.76. The summed E-state index contributed by atoms with van der Waals surface area (Å²) < 4.78 is 5.04. The molecule has 3 rings (SSSR count). The molecule has 2 aromatic rings. The van der Waals surface area contributed by atoms with Crippen LogP contribution < -0.4 is 5.32 Å². The zero-order chi connectivity index (χ0) is 16.2. The van der Waals surface area contributed by atoms with Gasteiger partial charge in [0.05, 0.1) is 24.1 Å². The van der Waals surface area contributed by atoms with E-state index in [1.54, 1.807) is 25.5 Å². The third-order valence-electron chi connectivity index (χ3n) is 3.94. The number of anilines is 1. The van der Waals surface area contributed by atoms with E-state index in [-0.39, 0.29) is 11.9 Å². The van der Waals surface area contributed by atoms with Crippen LogP contribution >= 0.6 is 11.6 Å². The van der Waals surface area contributed by atoms with Crippen molar-refractivity contribution in [1.29, 1.82) is 0 Å². The van der Waals surface area contributed by atoms with Crippen LogP contribution in [0.4, 0.5) is 5.82 Å². The summed E-state index contributed by atoms with van der Waals surface area (Å²) in [6, 6.07) is 1.62. The highest BCUT2D eigenvalue weighted by atomic mass is 35.5. The first-order valence-electron chi connectivity index (χ1n) is 7.57. The molecular formula is C15H18ClN5O2. The molecule has 0 spiro atoms. The number of halogens is 1. The van der Waals surface area contributed by atoms with Crippen LogP contribution in [0.5, 0.6) is 0 Å². The summed E-state index contributed by atoms with van der Waals surface area (Å²) in [6.45, 7) is 0.742. The fourth-order valence-corrected chi connectivity index (χ4v) is 2.97. The second-order valence-electron chi connectivity index (χ2n) is 5.44. The Hall–Kier alpha value is -2.15. The number of carbonyl (C=O) groups excluding carboxylic acids is 1. The smallest absolute Gasteiger partial charge is 0.223 e. The van der Waals surface area contributed by atoms with Crippen LogP contribution in [-0.4, -0.2) is 39.5 Å². The average Bonchev–Trinajstić information content (AvgIpc) is 3.21. The van der Waals surface area contributed by atoms with Crippen LogP contribution in [0.15, 0.2) is 23.0 Å². The number of carbonyl (C=O) groups is 1. The molecule has 0 bridgehead atoms. The van der Waals surface area contributed by atoms with Crippen LogP contribution in [-0.2, 0) is 11.2 Å². The van der Waals surface area contributed by atoms with Gasteiger partial charge in [-0.05, 0) is 12.8 Å². The van der Waals surface area contributed by atoms with E-state index in [0.29, 0.717) is 29.6 Å². The molecule has 23 heavy (non-hydrogen) atoms. The lowest BCUT2D eigenvalue weighted by Crippen LogP contribution is -2.31. The molecule has 1 fully saturated rings. The predicted molar refractivity (Wildman–Crippen MR) is 85.1 cm³/mol. The number of hydrogen-bond acceptors (Lipinski definition) is 6. The largest absolute Gasteiger partial charge is 0.372 e. The van der Waals surface area contributed by atoms with Crippen molar-refractivity contribution in [1.82, 2.24) is 20.0 Å². The molecule has 1 amide bonds. The number of aryl methyl sites for hydroxylation is 1. The lowest BCUT2D eigenvalue weighted by Gasteiger charge is -2.24. The molecule has 7 nitrogen and oxygen atoms in total. The monoisotopic (exact) mass is 335 g/mol. The van der Waals surface area contributed by atoms with Gasteiger partial charge < -0.3 is 14.7 Å². The molecule has 0 aliphatic carbocycles. The molecule has 1 saturated heterocycles. The van der Waals surface area contributed by atoms with Gasteiger partial charge in [0, 0.05) is 32.5 Å². The van der Waals surface area contributed by atoms with Crippen molar-refractivity contribution in [2.24, 2.45) is 0 Å². The Morgan fingerprint density at radius 2 is 2.39 bits per heavy atom. The first kappa shape index (κ1) is 15.7. The summed E-state index contributed by atoms with van der Waals surface area (Å²) in [7, 11) is 1.80. The third kappa shape index (κ3) is 3.61. The molecule has 2 aromatic heterocycles. The maximum Gasteiger partial charge on any atom is 0.223 e. The van der Waals surface area contributed by atoms with Crippen molar-refractivity contribution in [2.45, 2.75) is 31.7 Å². The SMILES string of the molecule is CNc1cncc([C@H]2CCCN2C(=O)CCc2cc(Cl)no2)n1. The Balaban J connectivity index is 1.66. The number of likely N-dealkylation sites (tertiary alicyclic amines) is 1. The van der Waals surface area contributed by atoms with E-state index >= 15 is 0 Å². The number of rotatable bonds is 5. The maximum atomic E-state index is 12.5. The maximum absolute atomic E-state index is 12.5. The number of nitrogens with one attached hydrogen (secondary N) is 1. The zero-order valence-electron chi connectivity index (χ0n) is 12.8. The number of hydrogen-bond donors (Lipinski definition) is 1. The molecule has 0 aromatic carbocycles. The minimum Gasteiger partial charge on any atom is -0.372 e. The minimum atomic E-state index is -0.0124. The summed E-state index contributed by atoms with van der Waals surface area (Å²) in [6.07, 6.45) is 6.12. The third-order valence-corrected chi connectivity index (χ3v) is 4.12. The molecule has 8 heteroatoms. The van der Waals surface area contributed by atoms with E-state index < -0.39 is 0 Å². The molecule has 1 atom stereocenters. The van der Waals surface area contributed by atoms with E-state index in [4.69, 9.17) is 16.1 Å². The molecule has 1 N–H and O–H groups in total. The van der Waals surface area contributed by atoms with Gasteiger partial charge in [-0.2, -0.15) is 0 Å². The Bertz CT molecular complexity index is 690. The van der Waals surface area contributed by atoms with Gasteiger partial charge in [-0.15, -0.1) is 0 Å². The molecule has 0 unspecified atom stereocenters. The standard InChI is InChI=1S/C15H18ClN5O2/c1-17-14-9-18-8-11(19-14)12-3-2-6-21(12)15(22)5-4-10-7-13(16)20-23-10/h7-9,12H,2-6H2,1H3,(H,17,19)/t12-/m1/s1. The van der Waals surface area contributed by atoms with Gasteiger partial charge in [-0.25, -0.2) is 4.98 Å². The van der Waals surface area contributed by atoms with E-state index in [9.17, 15) is 4.79 Å². The first-order valence-corrected chi connectivity index (χ1v) is 7.95. The molecule has 1 aliphatic heterocycles. The van der Waals surface area contributed by atoms with Gasteiger partial charge in [0.2, 0.25) is 5.91 Å². The average molecular weight is 336 g/mol. The van der Waals surface area contributed by atoms with E-state index in [2.05, 4.69) is 20.4 Å². The van der Waals surface area contributed by atoms with Crippen LogP contribution in [0.25, 0.3) is 0 Å². The van der Waals surface area contributed by atoms with Gasteiger partial charge in [0.15, 0.2) is 5.15 Å². The van der Waals surface area contributed by atoms with E-state index in [1.165, 1.54) is 0 Å². The molecule has 3 heterocycles. The molecular weight excluding hydrogens is 318 g/mol. The summed E-state index contributed by atoms with van der Waals surface area (Å²) in [4.78, 5) is 23.1. The predicted octanol–water partition coefficient (Wildman–Crippen LogP) is 2.46. The normalized spacial score (nSPS) is 17.5. The van der Waals surface area contributed by atoms with Gasteiger partial charge in [-0.1, -0.05) is 16.8 Å². The van der Waals surface area contributed by atoms with Gasteiger partial charge in [0.1, 0.15) is 11.6 Å². The molecule has 122 valence electrons. The molecule has 0 saturated carbocycles. The lowest BCUT2D eigenvalue weighted by atomic mass is 10.1. The first-order chi connectivity index (χ1) is 11.2. The summed E-state index contributed by atoms with van der Waals surface area (Å²) in [5.41, 5.74) is 0.824. The van der Waals surface area contributed by atoms with Crippen molar-refractivity contribution in [3.8, 4) is 0 Å². The second kappa shape index (κ2) is 6.95. The number of amides is 1. The Labute approximate surface area is 139 Å². The summed E-state index contributed by atoms with van der Waals surface area (Å²) >= 11 is 5.71. The number of aromatic nitrogens is 3. The van der Waals surface area contributed by atoms with Gasteiger partial charge in [-0.3, -0.25) is 9.78 Å². The van der Waals surface area contributed by atoms with Crippen LogP contribution in [0.2, 0.25) is 5.15 Å². The van der Waals surface area contributed by atoms with Crippen LogP contribution in [0.3, 0.4) is 0 Å². The summed E-state index contributed by atoms with van der Waals surface area (Å²) in [5.74, 6) is 1.41. The highest BCUT2D eigenvalue weighted by Crippen LogP contribution is 2.31. The highest BCUT2D eigenvalue weighted by molar-refractivity contribution is 6.29. The molecule has 1 aliphatic rings. The second-order valence-corrected chi connectivity index (χ2v) is 5.83. The van der Waals surface area contributed by atoms with Crippen LogP contribution in [0, 0.1) is 0 Å². The fraction of sp³-hybridized carbons (Fsp3) is 0.467. The van der Waals surface area contributed by atoms with Gasteiger partial charge >= 0.3 is 0 Å². The van der Waals surface area contributed by atoms with Crippen molar-refractivity contribution in [3.63, 3.8) is 0 Å². The van der Waals surface area contributed by atoms with E-state index in [0.717, 1.165) is 25.1 Å². The fourth-order valence-electron chi connectivity index (χ4n) is 2.81. The summed E-state index contributed by atoms with van der Waals surface area (Å²) in [5, 5.41) is 6.90. The van der Waals surface area contributed by atoms with Crippen molar-refractivity contribution < 1.29 is 9.32 Å². The lowest BCUT2D eigenvalue weighted by molar-refractivity contribution is -0.132. The molecule has 0 radical (unpaired) electrons.